The van der Waals surface area contributed by atoms with Crippen molar-refractivity contribution >= 4 is 23.6 Å². The van der Waals surface area contributed by atoms with Gasteiger partial charge < -0.3 is 15.2 Å². The van der Waals surface area contributed by atoms with Crippen molar-refractivity contribution in [3.63, 3.8) is 0 Å². The number of thioether (sulfide) groups is 1. The minimum absolute atomic E-state index is 0.123. The van der Waals surface area contributed by atoms with E-state index >= 15 is 0 Å². The number of benzene rings is 1. The number of aryl methyl sites for hydroxylation is 1. The zero-order chi connectivity index (χ0) is 15.5. The number of carbonyl (C=O) groups excluding carboxylic acids is 1. The van der Waals surface area contributed by atoms with E-state index in [1.54, 1.807) is 6.92 Å². The summed E-state index contributed by atoms with van der Waals surface area (Å²) in [6.45, 7) is 3.95. The van der Waals surface area contributed by atoms with E-state index in [-0.39, 0.29) is 24.9 Å². The molecule has 0 radical (unpaired) electrons. The van der Waals surface area contributed by atoms with Gasteiger partial charge in [-0.05, 0) is 25.5 Å². The molecule has 114 valence electrons. The van der Waals surface area contributed by atoms with Crippen LogP contribution < -0.4 is 5.32 Å². The van der Waals surface area contributed by atoms with E-state index in [4.69, 9.17) is 4.74 Å². The number of carboxylic acid groups (broad SMARTS) is 1. The molecular formula is C15H19NO4S. The Labute approximate surface area is 128 Å². The van der Waals surface area contributed by atoms with Crippen LogP contribution in [0.25, 0.3) is 0 Å². The maximum atomic E-state index is 12.0. The van der Waals surface area contributed by atoms with Gasteiger partial charge in [-0.3, -0.25) is 9.59 Å². The summed E-state index contributed by atoms with van der Waals surface area (Å²) in [6.07, 6.45) is 0. The molecule has 0 aromatic heterocycles. The standard InChI is InChI=1S/C15H19NO4S/c1-10-5-3-4-6-11(10)21-8-13(17)16-12-7-20-9-15(12,2)14(18)19/h3-6,12H,7-9H2,1-2H3,(H,16,17)(H,18,19). The average Bonchev–Trinajstić information content (AvgIpc) is 2.81. The fourth-order valence-corrected chi connectivity index (χ4v) is 3.02. The van der Waals surface area contributed by atoms with Crippen LogP contribution in [0.15, 0.2) is 29.2 Å². The number of hydrogen-bond donors (Lipinski definition) is 2. The van der Waals surface area contributed by atoms with Crippen molar-refractivity contribution in [2.75, 3.05) is 19.0 Å². The fraction of sp³-hybridized carbons (Fsp3) is 0.467. The molecule has 0 spiro atoms. The summed E-state index contributed by atoms with van der Waals surface area (Å²) in [7, 11) is 0. The van der Waals surface area contributed by atoms with Crippen molar-refractivity contribution in [3.05, 3.63) is 29.8 Å². The van der Waals surface area contributed by atoms with E-state index in [1.807, 2.05) is 31.2 Å². The molecule has 0 aliphatic carbocycles. The van der Waals surface area contributed by atoms with Gasteiger partial charge in [-0.2, -0.15) is 0 Å². The minimum Gasteiger partial charge on any atom is -0.481 e. The first-order valence-corrected chi connectivity index (χ1v) is 7.71. The van der Waals surface area contributed by atoms with E-state index in [9.17, 15) is 14.7 Å². The summed E-state index contributed by atoms with van der Waals surface area (Å²) >= 11 is 1.45. The highest BCUT2D eigenvalue weighted by Gasteiger charge is 2.47. The quantitative estimate of drug-likeness (QED) is 0.810. The third kappa shape index (κ3) is 3.57. The van der Waals surface area contributed by atoms with Gasteiger partial charge in [-0.1, -0.05) is 18.2 Å². The van der Waals surface area contributed by atoms with Crippen molar-refractivity contribution < 1.29 is 19.4 Å². The third-order valence-electron chi connectivity index (χ3n) is 3.73. The van der Waals surface area contributed by atoms with E-state index in [1.165, 1.54) is 11.8 Å². The molecule has 1 aromatic carbocycles. The van der Waals surface area contributed by atoms with Crippen LogP contribution in [0.4, 0.5) is 0 Å². The highest BCUT2D eigenvalue weighted by atomic mass is 32.2. The molecule has 0 bridgehead atoms. The second kappa shape index (κ2) is 6.49. The molecule has 6 heteroatoms. The van der Waals surface area contributed by atoms with Gasteiger partial charge in [0, 0.05) is 4.90 Å². The van der Waals surface area contributed by atoms with E-state index in [0.29, 0.717) is 0 Å². The molecule has 2 unspecified atom stereocenters. The van der Waals surface area contributed by atoms with Gasteiger partial charge in [0.2, 0.25) is 5.91 Å². The molecule has 2 atom stereocenters. The number of nitrogens with one attached hydrogen (secondary N) is 1. The molecule has 1 amide bonds. The number of amides is 1. The summed E-state index contributed by atoms with van der Waals surface area (Å²) in [5, 5.41) is 12.0. The van der Waals surface area contributed by atoms with Gasteiger partial charge in [0.25, 0.3) is 0 Å². The summed E-state index contributed by atoms with van der Waals surface area (Å²) < 4.78 is 5.21. The molecule has 2 N–H and O–H groups in total. The lowest BCUT2D eigenvalue weighted by atomic mass is 9.85. The molecule has 21 heavy (non-hydrogen) atoms. The Kier molecular flexibility index (Phi) is 4.90. The molecule has 2 rings (SSSR count). The summed E-state index contributed by atoms with van der Waals surface area (Å²) in [4.78, 5) is 24.4. The SMILES string of the molecule is Cc1ccccc1SCC(=O)NC1COCC1(C)C(=O)O. The predicted octanol–water partition coefficient (Wildman–Crippen LogP) is 1.69. The fourth-order valence-electron chi connectivity index (χ4n) is 2.18. The Hall–Kier alpha value is -1.53. The molecule has 5 nitrogen and oxygen atoms in total. The van der Waals surface area contributed by atoms with Crippen LogP contribution in [-0.4, -0.2) is 42.0 Å². The molecular weight excluding hydrogens is 290 g/mol. The second-order valence-corrected chi connectivity index (χ2v) is 6.43. The normalized spacial score (nSPS) is 24.8. The Morgan fingerprint density at radius 2 is 2.19 bits per heavy atom. The topological polar surface area (TPSA) is 75.6 Å². The zero-order valence-corrected chi connectivity index (χ0v) is 12.9. The lowest BCUT2D eigenvalue weighted by Gasteiger charge is -2.25. The Bertz CT molecular complexity index is 548. The Morgan fingerprint density at radius 3 is 2.86 bits per heavy atom. The van der Waals surface area contributed by atoms with Crippen LogP contribution in [0.3, 0.4) is 0 Å². The van der Waals surface area contributed by atoms with Crippen molar-refractivity contribution in [1.82, 2.24) is 5.32 Å². The van der Waals surface area contributed by atoms with Crippen LogP contribution in [0.2, 0.25) is 0 Å². The highest BCUT2D eigenvalue weighted by molar-refractivity contribution is 8.00. The maximum Gasteiger partial charge on any atom is 0.313 e. The summed E-state index contributed by atoms with van der Waals surface area (Å²) in [5.74, 6) is -0.861. The third-order valence-corrected chi connectivity index (χ3v) is 4.91. The van der Waals surface area contributed by atoms with Crippen LogP contribution in [0, 0.1) is 12.3 Å². The first kappa shape index (κ1) is 15.9. The Morgan fingerprint density at radius 1 is 1.48 bits per heavy atom. The molecule has 1 saturated heterocycles. The molecule has 1 fully saturated rings. The van der Waals surface area contributed by atoms with Gasteiger partial charge in [-0.15, -0.1) is 11.8 Å². The van der Waals surface area contributed by atoms with Gasteiger partial charge >= 0.3 is 5.97 Å². The number of rotatable bonds is 5. The number of carboxylic acids is 1. The molecule has 1 aliphatic rings. The van der Waals surface area contributed by atoms with Crippen molar-refractivity contribution in [2.24, 2.45) is 5.41 Å². The predicted molar refractivity (Wildman–Crippen MR) is 80.4 cm³/mol. The van der Waals surface area contributed by atoms with Crippen LogP contribution >= 0.6 is 11.8 Å². The monoisotopic (exact) mass is 309 g/mol. The van der Waals surface area contributed by atoms with Crippen LogP contribution in [-0.2, 0) is 14.3 Å². The van der Waals surface area contributed by atoms with Gasteiger partial charge in [0.1, 0.15) is 5.41 Å². The molecule has 1 aliphatic heterocycles. The minimum atomic E-state index is -1.05. The van der Waals surface area contributed by atoms with Gasteiger partial charge in [0.05, 0.1) is 25.0 Å². The van der Waals surface area contributed by atoms with E-state index < -0.39 is 17.4 Å². The van der Waals surface area contributed by atoms with Crippen molar-refractivity contribution in [1.29, 1.82) is 0 Å². The van der Waals surface area contributed by atoms with Crippen LogP contribution in [0.1, 0.15) is 12.5 Å². The molecule has 1 aromatic rings. The number of carbonyl (C=O) groups is 2. The van der Waals surface area contributed by atoms with Crippen molar-refractivity contribution in [2.45, 2.75) is 24.8 Å². The molecule has 1 heterocycles. The van der Waals surface area contributed by atoms with E-state index in [2.05, 4.69) is 5.32 Å². The maximum absolute atomic E-state index is 12.0. The summed E-state index contributed by atoms with van der Waals surface area (Å²) in [5.41, 5.74) is 0.0677. The lowest BCUT2D eigenvalue weighted by molar-refractivity contribution is -0.148. The molecule has 0 saturated carbocycles. The van der Waals surface area contributed by atoms with Gasteiger partial charge in [-0.25, -0.2) is 0 Å². The number of aliphatic carboxylic acids is 1. The smallest absolute Gasteiger partial charge is 0.313 e. The van der Waals surface area contributed by atoms with Crippen molar-refractivity contribution in [3.8, 4) is 0 Å². The van der Waals surface area contributed by atoms with E-state index in [0.717, 1.165) is 10.5 Å². The highest BCUT2D eigenvalue weighted by Crippen LogP contribution is 2.29. The van der Waals surface area contributed by atoms with Gasteiger partial charge in [0.15, 0.2) is 0 Å². The largest absolute Gasteiger partial charge is 0.481 e. The first-order chi connectivity index (χ1) is 9.93. The Balaban J connectivity index is 1.90. The summed E-state index contributed by atoms with van der Waals surface area (Å²) in [6, 6.07) is 7.35. The number of ether oxygens (including phenoxy) is 1. The van der Waals surface area contributed by atoms with Crippen LogP contribution in [0.5, 0.6) is 0 Å². The average molecular weight is 309 g/mol. The number of hydrogen-bond acceptors (Lipinski definition) is 4. The second-order valence-electron chi connectivity index (χ2n) is 5.41. The zero-order valence-electron chi connectivity index (χ0n) is 12.1. The lowest BCUT2D eigenvalue weighted by Crippen LogP contribution is -2.50. The first-order valence-electron chi connectivity index (χ1n) is 6.72.